The molecule has 0 aliphatic rings. The molecular formula is C19H18N2O5S. The molecule has 0 bridgehead atoms. The molecule has 2 aromatic carbocycles. The van der Waals surface area contributed by atoms with E-state index in [1.54, 1.807) is 38.1 Å². The van der Waals surface area contributed by atoms with Crippen molar-refractivity contribution in [3.8, 4) is 11.3 Å². The molecule has 3 aromatic rings. The van der Waals surface area contributed by atoms with Crippen LogP contribution in [-0.2, 0) is 14.8 Å². The van der Waals surface area contributed by atoms with Gasteiger partial charge in [0.2, 0.25) is 0 Å². The molecule has 140 valence electrons. The zero-order chi connectivity index (χ0) is 19.6. The van der Waals surface area contributed by atoms with E-state index in [2.05, 4.69) is 14.4 Å². The number of sulfonamides is 1. The number of oxazole rings is 1. The predicted molar refractivity (Wildman–Crippen MR) is 100 cm³/mol. The van der Waals surface area contributed by atoms with Crippen molar-refractivity contribution in [2.24, 2.45) is 0 Å². The standard InChI is InChI=1S/C19H18N2O5S/c1-12-18(20-13(2)26-12)14-8-10-15(11-9-14)27(23,24)21-17-7-5-4-6-16(17)19(22)25-3/h4-11,21H,1-3H3. The molecule has 1 aromatic heterocycles. The number of nitrogens with one attached hydrogen (secondary N) is 1. The van der Waals surface area contributed by atoms with Gasteiger partial charge in [0, 0.05) is 12.5 Å². The third kappa shape index (κ3) is 3.85. The number of ether oxygens (including phenoxy) is 1. The van der Waals surface area contributed by atoms with Crippen LogP contribution in [0.25, 0.3) is 11.3 Å². The Morgan fingerprint density at radius 2 is 1.74 bits per heavy atom. The summed E-state index contributed by atoms with van der Waals surface area (Å²) in [5.41, 5.74) is 1.70. The first-order chi connectivity index (χ1) is 12.8. The summed E-state index contributed by atoms with van der Waals surface area (Å²) < 4.78 is 37.9. The second-order valence-electron chi connectivity index (χ2n) is 5.80. The van der Waals surface area contributed by atoms with Crippen LogP contribution in [0.2, 0.25) is 0 Å². The zero-order valence-electron chi connectivity index (χ0n) is 15.0. The molecular weight excluding hydrogens is 368 g/mol. The summed E-state index contributed by atoms with van der Waals surface area (Å²) in [4.78, 5) is 16.2. The highest BCUT2D eigenvalue weighted by Gasteiger charge is 2.19. The summed E-state index contributed by atoms with van der Waals surface area (Å²) in [5.74, 6) is 0.578. The third-order valence-corrected chi connectivity index (χ3v) is 5.30. The number of nitrogens with zero attached hydrogens (tertiary/aromatic N) is 1. The van der Waals surface area contributed by atoms with E-state index < -0.39 is 16.0 Å². The number of methoxy groups -OCH3 is 1. The van der Waals surface area contributed by atoms with E-state index in [0.29, 0.717) is 17.3 Å². The molecule has 0 fully saturated rings. The Morgan fingerprint density at radius 1 is 1.07 bits per heavy atom. The Hall–Kier alpha value is -3.13. The van der Waals surface area contributed by atoms with Gasteiger partial charge in [0.05, 0.1) is 23.3 Å². The molecule has 8 heteroatoms. The maximum Gasteiger partial charge on any atom is 0.339 e. The fourth-order valence-electron chi connectivity index (χ4n) is 2.65. The van der Waals surface area contributed by atoms with Gasteiger partial charge in [-0.05, 0) is 31.2 Å². The minimum absolute atomic E-state index is 0.0591. The number of hydrogen-bond acceptors (Lipinski definition) is 6. The van der Waals surface area contributed by atoms with Crippen LogP contribution in [0, 0.1) is 13.8 Å². The molecule has 0 spiro atoms. The Balaban J connectivity index is 1.90. The average Bonchev–Trinajstić information content (AvgIpc) is 2.99. The highest BCUT2D eigenvalue weighted by atomic mass is 32.2. The lowest BCUT2D eigenvalue weighted by atomic mass is 10.1. The number of benzene rings is 2. The average molecular weight is 386 g/mol. The first kappa shape index (κ1) is 18.7. The van der Waals surface area contributed by atoms with Crippen molar-refractivity contribution >= 4 is 21.7 Å². The third-order valence-electron chi connectivity index (χ3n) is 3.92. The zero-order valence-corrected chi connectivity index (χ0v) is 15.8. The number of esters is 1. The first-order valence-electron chi connectivity index (χ1n) is 8.06. The van der Waals surface area contributed by atoms with Crippen LogP contribution in [0.4, 0.5) is 5.69 Å². The Labute approximate surface area is 157 Å². The number of hydrogen-bond donors (Lipinski definition) is 1. The summed E-state index contributed by atoms with van der Waals surface area (Å²) in [6, 6.07) is 12.5. The van der Waals surface area contributed by atoms with Crippen molar-refractivity contribution < 1.29 is 22.4 Å². The lowest BCUT2D eigenvalue weighted by molar-refractivity contribution is 0.0602. The first-order valence-corrected chi connectivity index (χ1v) is 9.55. The molecule has 0 radical (unpaired) electrons. The highest BCUT2D eigenvalue weighted by Crippen LogP contribution is 2.26. The molecule has 7 nitrogen and oxygen atoms in total. The van der Waals surface area contributed by atoms with Crippen LogP contribution in [0.15, 0.2) is 57.8 Å². The minimum Gasteiger partial charge on any atom is -0.465 e. The molecule has 0 saturated carbocycles. The van der Waals surface area contributed by atoms with Crippen molar-refractivity contribution in [3.63, 3.8) is 0 Å². The van der Waals surface area contributed by atoms with Gasteiger partial charge in [0.15, 0.2) is 5.89 Å². The number of aryl methyl sites for hydroxylation is 2. The van der Waals surface area contributed by atoms with Crippen LogP contribution < -0.4 is 4.72 Å². The predicted octanol–water partition coefficient (Wildman–Crippen LogP) is 3.55. The summed E-state index contributed by atoms with van der Waals surface area (Å²) in [6.07, 6.45) is 0. The topological polar surface area (TPSA) is 98.5 Å². The maximum absolute atomic E-state index is 12.7. The molecule has 1 N–H and O–H groups in total. The van der Waals surface area contributed by atoms with Crippen LogP contribution in [0.5, 0.6) is 0 Å². The van der Waals surface area contributed by atoms with Crippen molar-refractivity contribution in [2.45, 2.75) is 18.7 Å². The molecule has 0 aliphatic heterocycles. The van der Waals surface area contributed by atoms with E-state index in [9.17, 15) is 13.2 Å². The summed E-state index contributed by atoms with van der Waals surface area (Å²) in [6.45, 7) is 3.54. The molecule has 0 atom stereocenters. The van der Waals surface area contributed by atoms with Gasteiger partial charge in [-0.2, -0.15) is 0 Å². The summed E-state index contributed by atoms with van der Waals surface area (Å²) in [7, 11) is -2.65. The molecule has 27 heavy (non-hydrogen) atoms. The molecule has 0 saturated heterocycles. The normalized spacial score (nSPS) is 11.2. The van der Waals surface area contributed by atoms with E-state index in [1.165, 1.54) is 31.4 Å². The smallest absolute Gasteiger partial charge is 0.339 e. The van der Waals surface area contributed by atoms with E-state index in [-0.39, 0.29) is 16.1 Å². The minimum atomic E-state index is -3.88. The second kappa shape index (κ2) is 7.24. The van der Waals surface area contributed by atoms with Gasteiger partial charge in [-0.25, -0.2) is 18.2 Å². The van der Waals surface area contributed by atoms with Crippen molar-refractivity contribution in [2.75, 3.05) is 11.8 Å². The second-order valence-corrected chi connectivity index (χ2v) is 7.49. The Bertz CT molecular complexity index is 1090. The van der Waals surface area contributed by atoms with Gasteiger partial charge in [-0.3, -0.25) is 4.72 Å². The van der Waals surface area contributed by atoms with Crippen LogP contribution in [0.1, 0.15) is 22.0 Å². The summed E-state index contributed by atoms with van der Waals surface area (Å²) >= 11 is 0. The van der Waals surface area contributed by atoms with Crippen molar-refractivity contribution in [3.05, 3.63) is 65.7 Å². The number of rotatable bonds is 5. The van der Waals surface area contributed by atoms with Gasteiger partial charge >= 0.3 is 5.97 Å². The maximum atomic E-state index is 12.7. The monoisotopic (exact) mass is 386 g/mol. The van der Waals surface area contributed by atoms with Gasteiger partial charge in [-0.1, -0.05) is 24.3 Å². The fraction of sp³-hybridized carbons (Fsp3) is 0.158. The number of para-hydroxylation sites is 1. The van der Waals surface area contributed by atoms with Crippen molar-refractivity contribution in [1.82, 2.24) is 4.98 Å². The fourth-order valence-corrected chi connectivity index (χ4v) is 3.73. The van der Waals surface area contributed by atoms with E-state index in [1.807, 2.05) is 0 Å². The van der Waals surface area contributed by atoms with Gasteiger partial charge in [0.25, 0.3) is 10.0 Å². The van der Waals surface area contributed by atoms with Crippen LogP contribution >= 0.6 is 0 Å². The molecule has 0 unspecified atom stereocenters. The van der Waals surface area contributed by atoms with Gasteiger partial charge in [-0.15, -0.1) is 0 Å². The molecule has 0 aliphatic carbocycles. The van der Waals surface area contributed by atoms with Gasteiger partial charge < -0.3 is 9.15 Å². The molecule has 0 amide bonds. The SMILES string of the molecule is COC(=O)c1ccccc1NS(=O)(=O)c1ccc(-c2nc(C)oc2C)cc1. The number of carbonyl (C=O) groups excluding carboxylic acids is 1. The van der Waals surface area contributed by atoms with E-state index in [4.69, 9.17) is 4.42 Å². The van der Waals surface area contributed by atoms with Crippen LogP contribution in [0.3, 0.4) is 0 Å². The number of aromatic nitrogens is 1. The van der Waals surface area contributed by atoms with E-state index in [0.717, 1.165) is 5.56 Å². The highest BCUT2D eigenvalue weighted by molar-refractivity contribution is 7.92. The van der Waals surface area contributed by atoms with E-state index >= 15 is 0 Å². The Morgan fingerprint density at radius 3 is 2.33 bits per heavy atom. The van der Waals surface area contributed by atoms with Crippen LogP contribution in [-0.4, -0.2) is 26.5 Å². The van der Waals surface area contributed by atoms with Gasteiger partial charge in [0.1, 0.15) is 11.5 Å². The molecule has 1 heterocycles. The lowest BCUT2D eigenvalue weighted by Crippen LogP contribution is -2.16. The summed E-state index contributed by atoms with van der Waals surface area (Å²) in [5, 5.41) is 0. The van der Waals surface area contributed by atoms with Crippen molar-refractivity contribution in [1.29, 1.82) is 0 Å². The quantitative estimate of drug-likeness (QED) is 0.674. The number of carbonyl (C=O) groups is 1. The molecule has 3 rings (SSSR count). The number of anilines is 1. The lowest BCUT2D eigenvalue weighted by Gasteiger charge is -2.11. The Kier molecular flexibility index (Phi) is 5.00. The largest absolute Gasteiger partial charge is 0.465 e.